The molecular formula is C12H17NO. The van der Waals surface area contributed by atoms with Crippen LogP contribution in [-0.4, -0.2) is 12.2 Å². The molecule has 2 heteroatoms. The highest BCUT2D eigenvalue weighted by Crippen LogP contribution is 2.24. The van der Waals surface area contributed by atoms with E-state index in [4.69, 9.17) is 5.11 Å². The molecule has 2 nitrogen and oxygen atoms in total. The summed E-state index contributed by atoms with van der Waals surface area (Å²) in [7, 11) is 1.00. The Morgan fingerprint density at radius 3 is 2.36 bits per heavy atom. The lowest BCUT2D eigenvalue weighted by Crippen LogP contribution is -2.08. The number of aliphatic hydroxyl groups is 1. The van der Waals surface area contributed by atoms with E-state index in [-0.39, 0.29) is 0 Å². The monoisotopic (exact) mass is 191 g/mol. The van der Waals surface area contributed by atoms with Gasteiger partial charge in [-0.05, 0) is 25.1 Å². The van der Waals surface area contributed by atoms with Crippen molar-refractivity contribution in [2.24, 2.45) is 0 Å². The van der Waals surface area contributed by atoms with Crippen molar-refractivity contribution in [1.29, 1.82) is 0 Å². The SMILES string of the molecule is CC1=CNC(c2ccccc2)C1.CO. The summed E-state index contributed by atoms with van der Waals surface area (Å²) in [6.07, 6.45) is 3.25. The van der Waals surface area contributed by atoms with Gasteiger partial charge in [0.25, 0.3) is 0 Å². The zero-order chi connectivity index (χ0) is 10.4. The summed E-state index contributed by atoms with van der Waals surface area (Å²) in [5, 5.41) is 10.4. The molecule has 2 N–H and O–H groups in total. The third-order valence-corrected chi connectivity index (χ3v) is 2.26. The number of nitrogens with one attached hydrogen (secondary N) is 1. The Balaban J connectivity index is 0.000000461. The molecule has 14 heavy (non-hydrogen) atoms. The normalized spacial score (nSPS) is 19.1. The first-order chi connectivity index (χ1) is 6.86. The van der Waals surface area contributed by atoms with Gasteiger partial charge in [0.2, 0.25) is 0 Å². The molecule has 0 aromatic heterocycles. The van der Waals surface area contributed by atoms with Crippen LogP contribution in [0.25, 0.3) is 0 Å². The number of benzene rings is 1. The maximum absolute atomic E-state index is 7.00. The van der Waals surface area contributed by atoms with E-state index in [9.17, 15) is 0 Å². The van der Waals surface area contributed by atoms with Gasteiger partial charge in [-0.25, -0.2) is 0 Å². The fourth-order valence-corrected chi connectivity index (χ4v) is 1.58. The van der Waals surface area contributed by atoms with Gasteiger partial charge in [0, 0.05) is 7.11 Å². The topological polar surface area (TPSA) is 32.3 Å². The van der Waals surface area contributed by atoms with E-state index in [2.05, 4.69) is 48.8 Å². The third kappa shape index (κ3) is 2.60. The minimum atomic E-state index is 0.506. The predicted octanol–water partition coefficient (Wildman–Crippen LogP) is 2.23. The van der Waals surface area contributed by atoms with Crippen molar-refractivity contribution >= 4 is 0 Å². The summed E-state index contributed by atoms with van der Waals surface area (Å²) >= 11 is 0. The molecule has 1 heterocycles. The maximum Gasteiger partial charge on any atom is 0.0545 e. The summed E-state index contributed by atoms with van der Waals surface area (Å²) < 4.78 is 0. The van der Waals surface area contributed by atoms with Gasteiger partial charge in [-0.1, -0.05) is 35.9 Å². The van der Waals surface area contributed by atoms with E-state index in [0.717, 1.165) is 13.5 Å². The van der Waals surface area contributed by atoms with Gasteiger partial charge in [0.15, 0.2) is 0 Å². The quantitative estimate of drug-likeness (QED) is 0.713. The van der Waals surface area contributed by atoms with Crippen LogP contribution in [0.4, 0.5) is 0 Å². The Bertz CT molecular complexity index is 292. The average molecular weight is 191 g/mol. The molecule has 0 amide bonds. The number of rotatable bonds is 1. The lowest BCUT2D eigenvalue weighted by Gasteiger charge is -2.10. The first-order valence-corrected chi connectivity index (χ1v) is 4.77. The van der Waals surface area contributed by atoms with Crippen molar-refractivity contribution in [2.75, 3.05) is 7.11 Å². The van der Waals surface area contributed by atoms with Crippen LogP contribution in [0.1, 0.15) is 24.9 Å². The van der Waals surface area contributed by atoms with Gasteiger partial charge in [-0.3, -0.25) is 0 Å². The Kier molecular flexibility index (Phi) is 4.20. The van der Waals surface area contributed by atoms with Gasteiger partial charge >= 0.3 is 0 Å². The molecule has 0 radical (unpaired) electrons. The maximum atomic E-state index is 7.00. The molecule has 1 atom stereocenters. The van der Waals surface area contributed by atoms with Crippen LogP contribution in [-0.2, 0) is 0 Å². The molecule has 0 bridgehead atoms. The van der Waals surface area contributed by atoms with Gasteiger partial charge < -0.3 is 10.4 Å². The standard InChI is InChI=1S/C11H13N.CH4O/c1-9-7-11(12-8-9)10-5-3-2-4-6-10;1-2/h2-6,8,11-12H,7H2,1H3;2H,1H3. The fourth-order valence-electron chi connectivity index (χ4n) is 1.58. The molecule has 0 saturated heterocycles. The van der Waals surface area contributed by atoms with Crippen LogP contribution in [0.2, 0.25) is 0 Å². The summed E-state index contributed by atoms with van der Waals surface area (Å²) in [6.45, 7) is 2.16. The predicted molar refractivity (Wildman–Crippen MR) is 58.8 cm³/mol. The van der Waals surface area contributed by atoms with E-state index in [1.54, 1.807) is 0 Å². The molecule has 1 unspecified atom stereocenters. The van der Waals surface area contributed by atoms with Crippen LogP contribution in [0, 0.1) is 0 Å². The molecule has 0 saturated carbocycles. The van der Waals surface area contributed by atoms with Crippen LogP contribution in [0.3, 0.4) is 0 Å². The molecule has 2 rings (SSSR count). The zero-order valence-electron chi connectivity index (χ0n) is 8.70. The second-order valence-electron chi connectivity index (χ2n) is 3.32. The van der Waals surface area contributed by atoms with Crippen molar-refractivity contribution < 1.29 is 5.11 Å². The summed E-state index contributed by atoms with van der Waals surface area (Å²) in [4.78, 5) is 0. The molecule has 0 aliphatic carbocycles. The van der Waals surface area contributed by atoms with Crippen LogP contribution < -0.4 is 5.32 Å². The largest absolute Gasteiger partial charge is 0.400 e. The minimum absolute atomic E-state index is 0.506. The Morgan fingerprint density at radius 2 is 1.86 bits per heavy atom. The number of hydrogen-bond acceptors (Lipinski definition) is 2. The second-order valence-corrected chi connectivity index (χ2v) is 3.32. The molecule has 1 aliphatic heterocycles. The van der Waals surface area contributed by atoms with Gasteiger partial charge in [0.1, 0.15) is 0 Å². The highest BCUT2D eigenvalue weighted by molar-refractivity contribution is 5.24. The number of aliphatic hydroxyl groups excluding tert-OH is 1. The molecule has 1 aromatic carbocycles. The Morgan fingerprint density at radius 1 is 1.21 bits per heavy atom. The molecule has 1 aromatic rings. The van der Waals surface area contributed by atoms with E-state index in [0.29, 0.717) is 6.04 Å². The van der Waals surface area contributed by atoms with Gasteiger partial charge in [-0.15, -0.1) is 0 Å². The smallest absolute Gasteiger partial charge is 0.0545 e. The van der Waals surface area contributed by atoms with E-state index in [1.165, 1.54) is 11.1 Å². The first kappa shape index (κ1) is 10.8. The van der Waals surface area contributed by atoms with Crippen molar-refractivity contribution in [1.82, 2.24) is 5.32 Å². The summed E-state index contributed by atoms with van der Waals surface area (Å²) in [5.74, 6) is 0. The van der Waals surface area contributed by atoms with E-state index in [1.807, 2.05) is 0 Å². The van der Waals surface area contributed by atoms with Crippen molar-refractivity contribution in [3.8, 4) is 0 Å². The Labute approximate surface area is 85.3 Å². The molecule has 0 fully saturated rings. The zero-order valence-corrected chi connectivity index (χ0v) is 8.70. The highest BCUT2D eigenvalue weighted by Gasteiger charge is 2.14. The van der Waals surface area contributed by atoms with Crippen molar-refractivity contribution in [2.45, 2.75) is 19.4 Å². The summed E-state index contributed by atoms with van der Waals surface area (Å²) in [5.41, 5.74) is 2.81. The van der Waals surface area contributed by atoms with Gasteiger partial charge in [0.05, 0.1) is 6.04 Å². The lowest BCUT2D eigenvalue weighted by atomic mass is 10.0. The molecule has 0 spiro atoms. The third-order valence-electron chi connectivity index (χ3n) is 2.26. The number of hydrogen-bond donors (Lipinski definition) is 2. The van der Waals surface area contributed by atoms with Crippen molar-refractivity contribution in [3.63, 3.8) is 0 Å². The molecule has 1 aliphatic rings. The van der Waals surface area contributed by atoms with Crippen LogP contribution >= 0.6 is 0 Å². The highest BCUT2D eigenvalue weighted by atomic mass is 16.2. The van der Waals surface area contributed by atoms with E-state index < -0.39 is 0 Å². The van der Waals surface area contributed by atoms with Gasteiger partial charge in [-0.2, -0.15) is 0 Å². The second kappa shape index (κ2) is 5.45. The average Bonchev–Trinajstić information content (AvgIpc) is 2.69. The van der Waals surface area contributed by atoms with Crippen molar-refractivity contribution in [3.05, 3.63) is 47.7 Å². The molecule has 76 valence electrons. The summed E-state index contributed by atoms with van der Waals surface area (Å²) in [6, 6.07) is 11.1. The Hall–Kier alpha value is -1.28. The fraction of sp³-hybridized carbons (Fsp3) is 0.333. The molecular weight excluding hydrogens is 174 g/mol. The first-order valence-electron chi connectivity index (χ1n) is 4.77. The van der Waals surface area contributed by atoms with E-state index >= 15 is 0 Å². The van der Waals surface area contributed by atoms with Crippen LogP contribution in [0.15, 0.2) is 42.1 Å². The van der Waals surface area contributed by atoms with Crippen LogP contribution in [0.5, 0.6) is 0 Å². The minimum Gasteiger partial charge on any atom is -0.400 e. The lowest BCUT2D eigenvalue weighted by molar-refractivity contribution is 0.399.